The second-order valence-electron chi connectivity index (χ2n) is 7.08. The summed E-state index contributed by atoms with van der Waals surface area (Å²) in [5.74, 6) is -0.869. The summed E-state index contributed by atoms with van der Waals surface area (Å²) in [5.41, 5.74) is -1.00. The number of carbonyl (C=O) groups is 3. The minimum absolute atomic E-state index is 0.00268. The zero-order valence-corrected chi connectivity index (χ0v) is 17.9. The summed E-state index contributed by atoms with van der Waals surface area (Å²) >= 11 is 5.58. The van der Waals surface area contributed by atoms with Gasteiger partial charge in [-0.3, -0.25) is 24.7 Å². The molecule has 0 aliphatic carbocycles. The van der Waals surface area contributed by atoms with Crippen molar-refractivity contribution in [3.63, 3.8) is 0 Å². The third-order valence-electron chi connectivity index (χ3n) is 4.83. The highest BCUT2D eigenvalue weighted by molar-refractivity contribution is 6.31. The summed E-state index contributed by atoms with van der Waals surface area (Å²) in [6, 6.07) is 2.13. The molecule has 0 radical (unpaired) electrons. The maximum Gasteiger partial charge on any atom is 0.417 e. The van der Waals surface area contributed by atoms with Gasteiger partial charge in [0.05, 0.1) is 23.2 Å². The number of carbonyl (C=O) groups excluding carboxylic acids is 3. The van der Waals surface area contributed by atoms with Gasteiger partial charge in [0.15, 0.2) is 0 Å². The maximum atomic E-state index is 12.9. The molecule has 4 amide bonds. The molecule has 1 unspecified atom stereocenters. The van der Waals surface area contributed by atoms with Gasteiger partial charge in [-0.2, -0.15) is 13.2 Å². The summed E-state index contributed by atoms with van der Waals surface area (Å²) in [6.45, 7) is 5.80. The van der Waals surface area contributed by atoms with Crippen LogP contribution in [0.3, 0.4) is 0 Å². The van der Waals surface area contributed by atoms with Crippen LogP contribution in [0.5, 0.6) is 0 Å². The Morgan fingerprint density at radius 2 is 1.81 bits per heavy atom. The first-order valence-corrected chi connectivity index (χ1v) is 10.1. The fraction of sp³-hybridized carbons (Fsp3) is 0.526. The van der Waals surface area contributed by atoms with Crippen molar-refractivity contribution in [3.05, 3.63) is 28.8 Å². The molecule has 1 atom stereocenters. The molecule has 2 rings (SSSR count). The first kappa shape index (κ1) is 24.9. The first-order chi connectivity index (χ1) is 14.5. The Labute approximate surface area is 183 Å². The van der Waals surface area contributed by atoms with Crippen molar-refractivity contribution in [1.29, 1.82) is 0 Å². The number of hydrogen-bond donors (Lipinski definition) is 3. The van der Waals surface area contributed by atoms with Crippen LogP contribution in [0.4, 0.5) is 23.7 Å². The third kappa shape index (κ3) is 7.37. The second-order valence-corrected chi connectivity index (χ2v) is 7.48. The summed E-state index contributed by atoms with van der Waals surface area (Å²) in [4.78, 5) is 39.6. The van der Waals surface area contributed by atoms with Crippen molar-refractivity contribution in [1.82, 2.24) is 20.4 Å². The Bertz CT molecular complexity index is 813. The number of nitrogens with one attached hydrogen (secondary N) is 3. The molecular weight excluding hydrogens is 439 g/mol. The van der Waals surface area contributed by atoms with Gasteiger partial charge in [-0.05, 0) is 32.0 Å². The van der Waals surface area contributed by atoms with E-state index in [9.17, 15) is 27.6 Å². The molecule has 1 aliphatic heterocycles. The van der Waals surface area contributed by atoms with E-state index in [0.717, 1.165) is 12.1 Å². The predicted octanol–water partition coefficient (Wildman–Crippen LogP) is 2.15. The quantitative estimate of drug-likeness (QED) is 0.601. The fourth-order valence-corrected chi connectivity index (χ4v) is 3.34. The fourth-order valence-electron chi connectivity index (χ4n) is 3.12. The van der Waals surface area contributed by atoms with Gasteiger partial charge in [0.25, 0.3) is 0 Å². The zero-order valence-electron chi connectivity index (χ0n) is 17.2. The molecule has 8 nitrogen and oxygen atoms in total. The lowest BCUT2D eigenvalue weighted by molar-refractivity contribution is -0.137. The van der Waals surface area contributed by atoms with Gasteiger partial charge >= 0.3 is 12.2 Å². The monoisotopic (exact) mass is 463 g/mol. The molecule has 0 saturated carbocycles. The molecule has 1 aliphatic rings. The summed E-state index contributed by atoms with van der Waals surface area (Å²) in [5, 5.41) is 6.77. The Morgan fingerprint density at radius 1 is 1.16 bits per heavy atom. The normalized spacial score (nSPS) is 16.5. The number of amides is 4. The molecule has 1 aromatic carbocycles. The maximum absolute atomic E-state index is 12.9. The van der Waals surface area contributed by atoms with Gasteiger partial charge in [-0.1, -0.05) is 11.6 Å². The molecule has 0 bridgehead atoms. The van der Waals surface area contributed by atoms with Crippen LogP contribution < -0.4 is 16.0 Å². The minimum Gasteiger partial charge on any atom is -0.338 e. The van der Waals surface area contributed by atoms with E-state index in [1.165, 1.54) is 6.07 Å². The van der Waals surface area contributed by atoms with E-state index >= 15 is 0 Å². The Hall–Kier alpha value is -2.37. The molecule has 0 aromatic heterocycles. The van der Waals surface area contributed by atoms with E-state index in [1.807, 2.05) is 9.80 Å². The predicted molar refractivity (Wildman–Crippen MR) is 110 cm³/mol. The number of imide groups is 1. The van der Waals surface area contributed by atoms with Crippen molar-refractivity contribution in [2.75, 3.05) is 44.6 Å². The molecule has 0 spiro atoms. The summed E-state index contributed by atoms with van der Waals surface area (Å²) in [6.07, 6.45) is -4.62. The van der Waals surface area contributed by atoms with E-state index in [0.29, 0.717) is 32.7 Å². The average Bonchev–Trinajstić information content (AvgIpc) is 2.68. The van der Waals surface area contributed by atoms with Crippen LogP contribution in [0.2, 0.25) is 5.02 Å². The lowest BCUT2D eigenvalue weighted by atomic mass is 10.2. The van der Waals surface area contributed by atoms with Crippen molar-refractivity contribution in [2.24, 2.45) is 0 Å². The first-order valence-electron chi connectivity index (χ1n) is 9.73. The van der Waals surface area contributed by atoms with E-state index in [-0.39, 0.29) is 12.2 Å². The highest BCUT2D eigenvalue weighted by Gasteiger charge is 2.33. The van der Waals surface area contributed by atoms with Crippen molar-refractivity contribution >= 4 is 35.1 Å². The van der Waals surface area contributed by atoms with E-state index in [1.54, 1.807) is 13.8 Å². The summed E-state index contributed by atoms with van der Waals surface area (Å²) in [7, 11) is 0. The van der Waals surface area contributed by atoms with Crippen LogP contribution >= 0.6 is 11.6 Å². The van der Waals surface area contributed by atoms with Gasteiger partial charge < -0.3 is 10.6 Å². The summed E-state index contributed by atoms with van der Waals surface area (Å²) < 4.78 is 38.8. The van der Waals surface area contributed by atoms with Crippen molar-refractivity contribution in [2.45, 2.75) is 26.1 Å². The number of hydrogen-bond acceptors (Lipinski definition) is 5. The van der Waals surface area contributed by atoms with Crippen LogP contribution in [0.1, 0.15) is 19.4 Å². The van der Waals surface area contributed by atoms with E-state index in [2.05, 4.69) is 16.0 Å². The number of alkyl halides is 3. The lowest BCUT2D eigenvalue weighted by Gasteiger charge is -2.36. The van der Waals surface area contributed by atoms with Gasteiger partial charge in [0, 0.05) is 38.4 Å². The van der Waals surface area contributed by atoms with Gasteiger partial charge in [-0.25, -0.2) is 4.79 Å². The number of anilines is 1. The van der Waals surface area contributed by atoms with E-state index in [4.69, 9.17) is 11.6 Å². The number of piperazine rings is 1. The average molecular weight is 464 g/mol. The van der Waals surface area contributed by atoms with Crippen LogP contribution in [-0.2, 0) is 15.8 Å². The van der Waals surface area contributed by atoms with Crippen LogP contribution in [0, 0.1) is 0 Å². The SMILES string of the molecule is CCNC(=O)NC(=O)C(C)N1CCN(CC(=O)Nc2ccc(Cl)c(C(F)(F)F)c2)CC1. The van der Waals surface area contributed by atoms with E-state index < -0.39 is 40.6 Å². The number of urea groups is 1. The molecule has 12 heteroatoms. The highest BCUT2D eigenvalue weighted by Crippen LogP contribution is 2.36. The van der Waals surface area contributed by atoms with Crippen molar-refractivity contribution in [3.8, 4) is 0 Å². The molecule has 3 N–H and O–H groups in total. The topological polar surface area (TPSA) is 93.8 Å². The highest BCUT2D eigenvalue weighted by atomic mass is 35.5. The minimum atomic E-state index is -4.62. The smallest absolute Gasteiger partial charge is 0.338 e. The van der Waals surface area contributed by atoms with Gasteiger partial charge in [0.2, 0.25) is 11.8 Å². The Balaban J connectivity index is 1.83. The van der Waals surface area contributed by atoms with Gasteiger partial charge in [-0.15, -0.1) is 0 Å². The number of rotatable bonds is 6. The number of nitrogens with zero attached hydrogens (tertiary/aromatic N) is 2. The molecule has 1 saturated heterocycles. The third-order valence-corrected chi connectivity index (χ3v) is 5.16. The zero-order chi connectivity index (χ0) is 23.2. The van der Waals surface area contributed by atoms with Crippen LogP contribution in [0.25, 0.3) is 0 Å². The Morgan fingerprint density at radius 3 is 2.39 bits per heavy atom. The Kier molecular flexibility index (Phi) is 8.66. The standard InChI is InChI=1S/C19H25ClF3N5O3/c1-3-24-18(31)26-17(30)12(2)28-8-6-27(7-9-28)11-16(29)25-13-4-5-15(20)14(10-13)19(21,22)23/h4-5,10,12H,3,6-9,11H2,1-2H3,(H,25,29)(H2,24,26,30,31). The molecule has 31 heavy (non-hydrogen) atoms. The number of halogens is 4. The largest absolute Gasteiger partial charge is 0.417 e. The molecular formula is C19H25ClF3N5O3. The molecule has 1 aromatic rings. The van der Waals surface area contributed by atoms with Gasteiger partial charge in [0.1, 0.15) is 0 Å². The van der Waals surface area contributed by atoms with Crippen molar-refractivity contribution < 1.29 is 27.6 Å². The second kappa shape index (κ2) is 10.8. The molecule has 1 heterocycles. The molecule has 172 valence electrons. The number of benzene rings is 1. The van der Waals surface area contributed by atoms with Crippen LogP contribution in [-0.4, -0.2) is 73.0 Å². The van der Waals surface area contributed by atoms with Crippen LogP contribution in [0.15, 0.2) is 18.2 Å². The molecule has 1 fully saturated rings. The lowest BCUT2D eigenvalue weighted by Crippen LogP contribution is -2.56.